The molecule has 0 saturated heterocycles. The first-order valence-corrected chi connectivity index (χ1v) is 10.3. The number of rotatable bonds is 8. The maximum Gasteiger partial charge on any atom is 0.341 e. The summed E-state index contributed by atoms with van der Waals surface area (Å²) >= 11 is 0. The monoisotopic (exact) mass is 450 g/mol. The van der Waals surface area contributed by atoms with Gasteiger partial charge in [0.05, 0.1) is 42.4 Å². The normalized spacial score (nSPS) is 15.5. The van der Waals surface area contributed by atoms with E-state index in [9.17, 15) is 14.4 Å². The van der Waals surface area contributed by atoms with Gasteiger partial charge in [-0.05, 0) is 24.6 Å². The molecule has 3 aromatic rings. The lowest BCUT2D eigenvalue weighted by atomic mass is 10.0. The first kappa shape index (κ1) is 21.9. The SMILES string of the molecule is CCOC(=O)C1=C(COC(=O)c2cnn(Cc3ccccc3)c2)NC(=O)NC1c1ccco1. The Kier molecular flexibility index (Phi) is 6.53. The Morgan fingerprint density at radius 2 is 1.94 bits per heavy atom. The molecule has 2 amide bonds. The van der Waals surface area contributed by atoms with Gasteiger partial charge in [-0.2, -0.15) is 5.10 Å². The molecular weight excluding hydrogens is 428 g/mol. The lowest BCUT2D eigenvalue weighted by Crippen LogP contribution is -2.47. The van der Waals surface area contributed by atoms with Gasteiger partial charge in [0.1, 0.15) is 18.4 Å². The van der Waals surface area contributed by atoms with Crippen LogP contribution in [0.2, 0.25) is 0 Å². The fourth-order valence-corrected chi connectivity index (χ4v) is 3.40. The number of esters is 2. The number of nitrogens with one attached hydrogen (secondary N) is 2. The zero-order chi connectivity index (χ0) is 23.2. The summed E-state index contributed by atoms with van der Waals surface area (Å²) in [6, 6.07) is 11.5. The van der Waals surface area contributed by atoms with E-state index >= 15 is 0 Å². The van der Waals surface area contributed by atoms with Crippen LogP contribution in [-0.4, -0.2) is 41.0 Å². The van der Waals surface area contributed by atoms with Crippen molar-refractivity contribution in [2.75, 3.05) is 13.2 Å². The van der Waals surface area contributed by atoms with Crippen LogP contribution in [0.4, 0.5) is 4.79 Å². The lowest BCUT2D eigenvalue weighted by Gasteiger charge is -2.27. The number of urea groups is 1. The molecule has 1 aliphatic rings. The van der Waals surface area contributed by atoms with Crippen LogP contribution in [0.3, 0.4) is 0 Å². The summed E-state index contributed by atoms with van der Waals surface area (Å²) in [5.41, 5.74) is 1.49. The van der Waals surface area contributed by atoms with Gasteiger partial charge in [0, 0.05) is 6.20 Å². The molecule has 0 aliphatic carbocycles. The maximum atomic E-state index is 12.6. The second-order valence-electron chi connectivity index (χ2n) is 7.15. The summed E-state index contributed by atoms with van der Waals surface area (Å²) in [4.78, 5) is 37.4. The van der Waals surface area contributed by atoms with Crippen LogP contribution in [0.25, 0.3) is 0 Å². The fraction of sp³-hybridized carbons (Fsp3) is 0.217. The van der Waals surface area contributed by atoms with E-state index in [1.165, 1.54) is 12.5 Å². The predicted molar refractivity (Wildman–Crippen MR) is 115 cm³/mol. The summed E-state index contributed by atoms with van der Waals surface area (Å²) in [7, 11) is 0. The number of benzene rings is 1. The third kappa shape index (κ3) is 5.12. The van der Waals surface area contributed by atoms with Gasteiger partial charge in [0.2, 0.25) is 0 Å². The highest BCUT2D eigenvalue weighted by molar-refractivity contribution is 5.95. The average molecular weight is 450 g/mol. The van der Waals surface area contributed by atoms with E-state index in [2.05, 4.69) is 15.7 Å². The van der Waals surface area contributed by atoms with Gasteiger partial charge in [-0.25, -0.2) is 14.4 Å². The molecule has 0 bridgehead atoms. The van der Waals surface area contributed by atoms with Crippen LogP contribution in [0.15, 0.2) is 76.8 Å². The number of furan rings is 1. The van der Waals surface area contributed by atoms with E-state index in [1.54, 1.807) is 29.9 Å². The van der Waals surface area contributed by atoms with Gasteiger partial charge in [-0.1, -0.05) is 30.3 Å². The Morgan fingerprint density at radius 1 is 1.12 bits per heavy atom. The standard InChI is InChI=1S/C23H22N4O6/c1-2-31-22(29)19-17(25-23(30)26-20(19)18-9-6-10-32-18)14-33-21(28)16-11-24-27(13-16)12-15-7-4-3-5-8-15/h3-11,13,20H,2,12,14H2,1H3,(H2,25,26,30). The number of hydrogen-bond donors (Lipinski definition) is 2. The largest absolute Gasteiger partial charge is 0.467 e. The summed E-state index contributed by atoms with van der Waals surface area (Å²) in [5, 5.41) is 9.35. The molecule has 3 heterocycles. The number of amides is 2. The molecule has 4 rings (SSSR count). The Morgan fingerprint density at radius 3 is 2.67 bits per heavy atom. The fourth-order valence-electron chi connectivity index (χ4n) is 3.40. The van der Waals surface area contributed by atoms with Crippen molar-refractivity contribution < 1.29 is 28.3 Å². The van der Waals surface area contributed by atoms with Crippen molar-refractivity contribution in [2.45, 2.75) is 19.5 Å². The third-order valence-corrected chi connectivity index (χ3v) is 4.88. The second-order valence-corrected chi connectivity index (χ2v) is 7.15. The van der Waals surface area contributed by atoms with Crippen molar-refractivity contribution in [1.82, 2.24) is 20.4 Å². The molecule has 10 nitrogen and oxygen atoms in total. The quantitative estimate of drug-likeness (QED) is 0.505. The molecule has 1 atom stereocenters. The highest BCUT2D eigenvalue weighted by atomic mass is 16.5. The Labute approximate surface area is 189 Å². The molecule has 170 valence electrons. The highest BCUT2D eigenvalue weighted by Gasteiger charge is 2.35. The van der Waals surface area contributed by atoms with Gasteiger partial charge in [0.25, 0.3) is 0 Å². The zero-order valence-electron chi connectivity index (χ0n) is 17.8. The summed E-state index contributed by atoms with van der Waals surface area (Å²) in [6.45, 7) is 1.96. The second kappa shape index (κ2) is 9.86. The van der Waals surface area contributed by atoms with E-state index in [1.807, 2.05) is 30.3 Å². The Bertz CT molecular complexity index is 1170. The van der Waals surface area contributed by atoms with Crippen molar-refractivity contribution in [1.29, 1.82) is 0 Å². The van der Waals surface area contributed by atoms with Crippen molar-refractivity contribution in [2.24, 2.45) is 0 Å². The summed E-state index contributed by atoms with van der Waals surface area (Å²) in [6.07, 6.45) is 4.40. The molecule has 33 heavy (non-hydrogen) atoms. The first-order chi connectivity index (χ1) is 16.0. The van der Waals surface area contributed by atoms with Crippen LogP contribution in [-0.2, 0) is 20.8 Å². The van der Waals surface area contributed by atoms with Gasteiger partial charge in [0.15, 0.2) is 0 Å². The minimum atomic E-state index is -0.880. The number of carbonyl (C=O) groups is 3. The number of hydrogen-bond acceptors (Lipinski definition) is 7. The minimum Gasteiger partial charge on any atom is -0.467 e. The molecule has 1 aliphatic heterocycles. The molecule has 0 saturated carbocycles. The minimum absolute atomic E-state index is 0.0963. The Balaban J connectivity index is 1.51. The maximum absolute atomic E-state index is 12.6. The number of ether oxygens (including phenoxy) is 2. The smallest absolute Gasteiger partial charge is 0.341 e. The van der Waals surface area contributed by atoms with E-state index in [4.69, 9.17) is 13.9 Å². The van der Waals surface area contributed by atoms with Crippen LogP contribution in [0.1, 0.15) is 34.6 Å². The summed E-state index contributed by atoms with van der Waals surface area (Å²) < 4.78 is 17.5. The number of carbonyl (C=O) groups excluding carboxylic acids is 3. The third-order valence-electron chi connectivity index (χ3n) is 4.88. The van der Waals surface area contributed by atoms with Crippen molar-refractivity contribution in [3.8, 4) is 0 Å². The molecule has 1 aromatic carbocycles. The van der Waals surface area contributed by atoms with Crippen LogP contribution in [0.5, 0.6) is 0 Å². The molecule has 0 spiro atoms. The van der Waals surface area contributed by atoms with E-state index < -0.39 is 24.0 Å². The molecule has 0 radical (unpaired) electrons. The van der Waals surface area contributed by atoms with E-state index in [0.717, 1.165) is 5.56 Å². The number of aromatic nitrogens is 2. The van der Waals surface area contributed by atoms with Crippen LogP contribution >= 0.6 is 0 Å². The lowest BCUT2D eigenvalue weighted by molar-refractivity contribution is -0.139. The molecule has 2 aromatic heterocycles. The molecule has 10 heteroatoms. The molecule has 1 unspecified atom stereocenters. The zero-order valence-corrected chi connectivity index (χ0v) is 17.8. The number of nitrogens with zero attached hydrogens (tertiary/aromatic N) is 2. The predicted octanol–water partition coefficient (Wildman–Crippen LogP) is 2.55. The summed E-state index contributed by atoms with van der Waals surface area (Å²) in [5.74, 6) is -0.959. The van der Waals surface area contributed by atoms with Crippen LogP contribution in [0, 0.1) is 0 Å². The van der Waals surface area contributed by atoms with Crippen molar-refractivity contribution in [3.63, 3.8) is 0 Å². The van der Waals surface area contributed by atoms with Gasteiger partial charge in [-0.15, -0.1) is 0 Å². The molecule has 2 N–H and O–H groups in total. The van der Waals surface area contributed by atoms with Crippen LogP contribution < -0.4 is 10.6 Å². The van der Waals surface area contributed by atoms with E-state index in [-0.39, 0.29) is 30.0 Å². The topological polar surface area (TPSA) is 125 Å². The Hall–Kier alpha value is -4.34. The molecule has 0 fully saturated rings. The van der Waals surface area contributed by atoms with Gasteiger partial charge < -0.3 is 24.5 Å². The first-order valence-electron chi connectivity index (χ1n) is 10.3. The van der Waals surface area contributed by atoms with Crippen molar-refractivity contribution >= 4 is 18.0 Å². The van der Waals surface area contributed by atoms with Gasteiger partial charge in [-0.3, -0.25) is 4.68 Å². The average Bonchev–Trinajstić information content (AvgIpc) is 3.50. The molecular formula is C23H22N4O6. The van der Waals surface area contributed by atoms with Gasteiger partial charge >= 0.3 is 18.0 Å². The van der Waals surface area contributed by atoms with E-state index in [0.29, 0.717) is 12.3 Å². The van der Waals surface area contributed by atoms with Crippen molar-refractivity contribution in [3.05, 3.63) is 89.3 Å². The highest BCUT2D eigenvalue weighted by Crippen LogP contribution is 2.28.